The van der Waals surface area contributed by atoms with E-state index in [4.69, 9.17) is 14.2 Å². The number of Topliss-reactive ketones (excluding diaryl/α,β-unsaturated/α-hetero) is 1. The second-order valence-electron chi connectivity index (χ2n) is 8.77. The lowest BCUT2D eigenvalue weighted by Gasteiger charge is -2.26. The molecule has 5 rings (SSSR count). The molecule has 1 aliphatic heterocycles. The lowest BCUT2D eigenvalue weighted by Crippen LogP contribution is -2.29. The van der Waals surface area contributed by atoms with E-state index in [-0.39, 0.29) is 17.9 Å². The summed E-state index contributed by atoms with van der Waals surface area (Å²) in [4.78, 5) is 32.5. The molecule has 1 atom stereocenters. The van der Waals surface area contributed by atoms with Gasteiger partial charge in [0, 0.05) is 24.5 Å². The molecule has 1 amide bonds. The van der Waals surface area contributed by atoms with E-state index in [1.54, 1.807) is 48.8 Å². The van der Waals surface area contributed by atoms with Crippen LogP contribution in [0.4, 0.5) is 0 Å². The topological polar surface area (TPSA) is 98.2 Å². The first-order valence-corrected chi connectivity index (χ1v) is 11.9. The molecule has 0 spiro atoms. The summed E-state index contributed by atoms with van der Waals surface area (Å²) in [7, 11) is 4.48. The highest BCUT2D eigenvalue weighted by Crippen LogP contribution is 2.46. The van der Waals surface area contributed by atoms with Crippen LogP contribution in [0.25, 0.3) is 16.5 Å². The van der Waals surface area contributed by atoms with Crippen LogP contribution in [0.2, 0.25) is 0 Å². The monoisotopic (exact) mass is 510 g/mol. The summed E-state index contributed by atoms with van der Waals surface area (Å²) in [6.07, 6.45) is 3.24. The van der Waals surface area contributed by atoms with Crippen LogP contribution in [0.1, 0.15) is 22.7 Å². The van der Waals surface area contributed by atoms with Gasteiger partial charge in [-0.05, 0) is 46.2 Å². The Hall–Kier alpha value is -4.85. The Morgan fingerprint density at radius 1 is 0.895 bits per heavy atom. The minimum absolute atomic E-state index is 0.0188. The number of ketones is 1. The fraction of sp³-hybridized carbons (Fsp3) is 0.167. The van der Waals surface area contributed by atoms with E-state index in [9.17, 15) is 14.7 Å². The van der Waals surface area contributed by atoms with Gasteiger partial charge in [-0.25, -0.2) is 0 Å². The van der Waals surface area contributed by atoms with E-state index in [1.807, 2.05) is 30.3 Å². The largest absolute Gasteiger partial charge is 0.507 e. The predicted octanol–water partition coefficient (Wildman–Crippen LogP) is 4.88. The highest BCUT2D eigenvalue weighted by Gasteiger charge is 2.46. The van der Waals surface area contributed by atoms with Crippen LogP contribution in [0.3, 0.4) is 0 Å². The lowest BCUT2D eigenvalue weighted by atomic mass is 9.93. The fourth-order valence-electron chi connectivity index (χ4n) is 4.91. The number of methoxy groups -OCH3 is 3. The molecule has 8 nitrogen and oxygen atoms in total. The van der Waals surface area contributed by atoms with Crippen LogP contribution >= 0.6 is 0 Å². The second-order valence-corrected chi connectivity index (χ2v) is 8.77. The Morgan fingerprint density at radius 3 is 2.21 bits per heavy atom. The molecule has 38 heavy (non-hydrogen) atoms. The number of fused-ring (bicyclic) bond motifs is 1. The van der Waals surface area contributed by atoms with Crippen molar-refractivity contribution >= 4 is 28.2 Å². The zero-order chi connectivity index (χ0) is 26.8. The van der Waals surface area contributed by atoms with Crippen molar-refractivity contribution in [1.82, 2.24) is 9.88 Å². The molecule has 0 radical (unpaired) electrons. The maximum Gasteiger partial charge on any atom is 0.295 e. The number of ether oxygens (including phenoxy) is 3. The van der Waals surface area contributed by atoms with Crippen molar-refractivity contribution in [3.8, 4) is 17.2 Å². The van der Waals surface area contributed by atoms with Crippen molar-refractivity contribution < 1.29 is 28.9 Å². The summed E-state index contributed by atoms with van der Waals surface area (Å²) in [6.45, 7) is 0.126. The molecule has 4 aromatic rings. The van der Waals surface area contributed by atoms with Crippen molar-refractivity contribution in [2.24, 2.45) is 0 Å². The van der Waals surface area contributed by atoms with Gasteiger partial charge in [0.15, 0.2) is 11.5 Å². The minimum Gasteiger partial charge on any atom is -0.507 e. The molecule has 0 aliphatic carbocycles. The molecular formula is C30H26N2O6. The van der Waals surface area contributed by atoms with Gasteiger partial charge in [-0.2, -0.15) is 0 Å². The van der Waals surface area contributed by atoms with Crippen LogP contribution in [-0.4, -0.2) is 48.0 Å². The number of benzene rings is 3. The highest BCUT2D eigenvalue weighted by atomic mass is 16.5. The number of aliphatic hydroxyl groups excluding tert-OH is 1. The Morgan fingerprint density at radius 2 is 1.55 bits per heavy atom. The minimum atomic E-state index is -0.921. The van der Waals surface area contributed by atoms with Crippen LogP contribution in [0.5, 0.6) is 17.2 Å². The highest BCUT2D eigenvalue weighted by molar-refractivity contribution is 6.46. The van der Waals surface area contributed by atoms with Crippen molar-refractivity contribution in [1.29, 1.82) is 0 Å². The SMILES string of the molecule is COc1cc(C2/C(=C(\O)c3cccc4ccccc34)C(=O)C(=O)N2Cc2ccncc2)cc(OC)c1OC. The zero-order valence-corrected chi connectivity index (χ0v) is 21.2. The number of amides is 1. The van der Waals surface area contributed by atoms with Gasteiger partial charge < -0.3 is 24.2 Å². The quantitative estimate of drug-likeness (QED) is 0.215. The number of aromatic nitrogens is 1. The van der Waals surface area contributed by atoms with Gasteiger partial charge in [-0.15, -0.1) is 0 Å². The van der Waals surface area contributed by atoms with Gasteiger partial charge in [0.05, 0.1) is 32.9 Å². The molecule has 1 N–H and O–H groups in total. The summed E-state index contributed by atoms with van der Waals surface area (Å²) in [5, 5.41) is 13.3. The third kappa shape index (κ3) is 4.20. The Bertz CT molecular complexity index is 1530. The standard InChI is InChI=1S/C30H26N2O6/c1-36-23-15-20(16-24(37-2)29(23)38-3)26-25(27(33)22-10-6-8-19-7-4-5-9-21(19)22)28(34)30(35)32(26)17-18-11-13-31-14-12-18/h4-16,26,33H,17H2,1-3H3/b27-25+. The van der Waals surface area contributed by atoms with E-state index in [2.05, 4.69) is 4.98 Å². The van der Waals surface area contributed by atoms with Gasteiger partial charge in [0.1, 0.15) is 5.76 Å². The van der Waals surface area contributed by atoms with Crippen LogP contribution in [-0.2, 0) is 16.1 Å². The first-order valence-electron chi connectivity index (χ1n) is 11.9. The third-order valence-electron chi connectivity index (χ3n) is 6.69. The Labute approximate surface area is 219 Å². The summed E-state index contributed by atoms with van der Waals surface area (Å²) in [5.74, 6) is -0.649. The maximum absolute atomic E-state index is 13.6. The third-order valence-corrected chi connectivity index (χ3v) is 6.69. The molecule has 0 saturated carbocycles. The molecule has 1 unspecified atom stereocenters. The van der Waals surface area contributed by atoms with Crippen LogP contribution < -0.4 is 14.2 Å². The van der Waals surface area contributed by atoms with Crippen LogP contribution in [0.15, 0.2) is 84.7 Å². The number of hydrogen-bond donors (Lipinski definition) is 1. The van der Waals surface area contributed by atoms with E-state index in [1.165, 1.54) is 26.2 Å². The van der Waals surface area contributed by atoms with Crippen molar-refractivity contribution in [3.05, 3.63) is 101 Å². The van der Waals surface area contributed by atoms with Gasteiger partial charge in [-0.3, -0.25) is 14.6 Å². The fourth-order valence-corrected chi connectivity index (χ4v) is 4.91. The molecule has 1 aliphatic rings. The summed E-state index contributed by atoms with van der Waals surface area (Å²) < 4.78 is 16.6. The number of likely N-dealkylation sites (tertiary alicyclic amines) is 1. The maximum atomic E-state index is 13.6. The number of carbonyl (C=O) groups excluding carboxylic acids is 2. The first-order chi connectivity index (χ1) is 18.5. The van der Waals surface area contributed by atoms with E-state index in [0.29, 0.717) is 28.4 Å². The van der Waals surface area contributed by atoms with Crippen molar-refractivity contribution in [2.75, 3.05) is 21.3 Å². The number of rotatable bonds is 7. The van der Waals surface area contributed by atoms with E-state index >= 15 is 0 Å². The van der Waals surface area contributed by atoms with E-state index < -0.39 is 17.7 Å². The first kappa shape index (κ1) is 24.8. The van der Waals surface area contributed by atoms with Gasteiger partial charge in [0.25, 0.3) is 11.7 Å². The molecule has 1 aromatic heterocycles. The van der Waals surface area contributed by atoms with Crippen molar-refractivity contribution in [3.63, 3.8) is 0 Å². The summed E-state index contributed by atoms with van der Waals surface area (Å²) in [6, 6.07) is 19.0. The molecule has 192 valence electrons. The average Bonchev–Trinajstić information content (AvgIpc) is 3.21. The summed E-state index contributed by atoms with van der Waals surface area (Å²) in [5.41, 5.74) is 1.75. The van der Waals surface area contributed by atoms with Gasteiger partial charge in [0.2, 0.25) is 5.75 Å². The predicted molar refractivity (Wildman–Crippen MR) is 142 cm³/mol. The molecule has 1 fully saturated rings. The number of nitrogens with zero attached hydrogens (tertiary/aromatic N) is 2. The number of aliphatic hydroxyl groups is 1. The number of hydrogen-bond acceptors (Lipinski definition) is 7. The molecular weight excluding hydrogens is 484 g/mol. The molecule has 8 heteroatoms. The normalized spacial score (nSPS) is 16.6. The molecule has 2 heterocycles. The second kappa shape index (κ2) is 10.3. The van der Waals surface area contributed by atoms with Crippen molar-refractivity contribution in [2.45, 2.75) is 12.6 Å². The molecule has 3 aromatic carbocycles. The Balaban J connectivity index is 1.76. The number of pyridine rings is 1. The lowest BCUT2D eigenvalue weighted by molar-refractivity contribution is -0.140. The molecule has 0 bridgehead atoms. The smallest absolute Gasteiger partial charge is 0.295 e. The van der Waals surface area contributed by atoms with E-state index in [0.717, 1.165) is 16.3 Å². The molecule has 1 saturated heterocycles. The average molecular weight is 511 g/mol. The van der Waals surface area contributed by atoms with Gasteiger partial charge in [-0.1, -0.05) is 42.5 Å². The summed E-state index contributed by atoms with van der Waals surface area (Å²) >= 11 is 0. The zero-order valence-electron chi connectivity index (χ0n) is 21.2. The number of carbonyl (C=O) groups is 2. The van der Waals surface area contributed by atoms with Gasteiger partial charge >= 0.3 is 0 Å². The Kier molecular flexibility index (Phi) is 6.70. The van der Waals surface area contributed by atoms with Crippen LogP contribution in [0, 0.1) is 0 Å².